The van der Waals surface area contributed by atoms with Crippen LogP contribution in [0.5, 0.6) is 5.75 Å². The second kappa shape index (κ2) is 8.46. The fourth-order valence-electron chi connectivity index (χ4n) is 3.29. The van der Waals surface area contributed by atoms with Crippen molar-refractivity contribution in [3.05, 3.63) is 64.7 Å². The summed E-state index contributed by atoms with van der Waals surface area (Å²) in [7, 11) is 1.70. The molecular formula is C20H23Cl2N3O2. The fourth-order valence-corrected chi connectivity index (χ4v) is 3.78. The molecule has 2 aromatic rings. The third-order valence-corrected chi connectivity index (χ3v) is 5.82. The molecule has 144 valence electrons. The molecule has 5 nitrogen and oxygen atoms in total. The zero-order valence-electron chi connectivity index (χ0n) is 15.6. The first-order chi connectivity index (χ1) is 13.0. The standard InChI is InChI=1S/C20H23Cl2N3O2/c1-4-20(26-3,11-25-13-23-12-24-25)17-9-10-18(14(2)19(17)22)27-16-7-5-15(21)6-8-16/h5-10,12-14,18H,4,11H2,1-3H3. The number of hydrogen-bond acceptors (Lipinski definition) is 4. The summed E-state index contributed by atoms with van der Waals surface area (Å²) in [4.78, 5) is 4.02. The smallest absolute Gasteiger partial charge is 0.137 e. The first kappa shape index (κ1) is 19.9. The lowest BCUT2D eigenvalue weighted by Crippen LogP contribution is -2.41. The van der Waals surface area contributed by atoms with E-state index in [4.69, 9.17) is 32.7 Å². The van der Waals surface area contributed by atoms with Crippen molar-refractivity contribution in [2.24, 2.45) is 5.92 Å². The Kier molecular flexibility index (Phi) is 6.25. The topological polar surface area (TPSA) is 49.2 Å². The summed E-state index contributed by atoms with van der Waals surface area (Å²) in [6, 6.07) is 7.32. The van der Waals surface area contributed by atoms with Crippen LogP contribution in [0.1, 0.15) is 20.3 Å². The van der Waals surface area contributed by atoms with Crippen LogP contribution in [0.2, 0.25) is 5.02 Å². The van der Waals surface area contributed by atoms with E-state index in [0.717, 1.165) is 22.8 Å². The Morgan fingerprint density at radius 2 is 1.96 bits per heavy atom. The summed E-state index contributed by atoms with van der Waals surface area (Å²) in [5.74, 6) is 0.740. The molecule has 0 bridgehead atoms. The minimum absolute atomic E-state index is 0.0147. The Balaban J connectivity index is 1.84. The van der Waals surface area contributed by atoms with Gasteiger partial charge in [-0.3, -0.25) is 0 Å². The van der Waals surface area contributed by atoms with Crippen LogP contribution in [-0.4, -0.2) is 33.6 Å². The first-order valence-electron chi connectivity index (χ1n) is 8.87. The van der Waals surface area contributed by atoms with Crippen molar-refractivity contribution in [1.29, 1.82) is 0 Å². The van der Waals surface area contributed by atoms with E-state index in [2.05, 4.69) is 23.9 Å². The fraction of sp³-hybridized carbons (Fsp3) is 0.400. The van der Waals surface area contributed by atoms with Gasteiger partial charge < -0.3 is 9.47 Å². The number of methoxy groups -OCH3 is 1. The monoisotopic (exact) mass is 407 g/mol. The molecule has 0 N–H and O–H groups in total. The molecule has 0 amide bonds. The van der Waals surface area contributed by atoms with Crippen LogP contribution in [0.3, 0.4) is 0 Å². The highest BCUT2D eigenvalue weighted by Gasteiger charge is 2.38. The molecular weight excluding hydrogens is 385 g/mol. The molecule has 0 aliphatic heterocycles. The van der Waals surface area contributed by atoms with E-state index in [1.54, 1.807) is 18.1 Å². The minimum Gasteiger partial charge on any atom is -0.486 e. The van der Waals surface area contributed by atoms with Crippen LogP contribution >= 0.6 is 23.2 Å². The molecule has 1 aromatic heterocycles. The molecule has 1 heterocycles. The third kappa shape index (κ3) is 4.21. The molecule has 7 heteroatoms. The van der Waals surface area contributed by atoms with Crippen molar-refractivity contribution in [2.45, 2.75) is 38.5 Å². The van der Waals surface area contributed by atoms with Gasteiger partial charge in [0, 0.05) is 28.7 Å². The molecule has 0 spiro atoms. The zero-order valence-corrected chi connectivity index (χ0v) is 17.1. The SMILES string of the molecule is CCC(Cn1cncn1)(OC)C1=C(Cl)C(C)C(Oc2ccc(Cl)cc2)C=C1. The van der Waals surface area contributed by atoms with E-state index in [0.29, 0.717) is 11.6 Å². The predicted octanol–water partition coefficient (Wildman–Crippen LogP) is 4.87. The normalized spacial score (nSPS) is 22.0. The quantitative estimate of drug-likeness (QED) is 0.656. The maximum absolute atomic E-state index is 6.80. The number of halogens is 2. The van der Waals surface area contributed by atoms with E-state index in [9.17, 15) is 0 Å². The lowest BCUT2D eigenvalue weighted by atomic mass is 9.83. The van der Waals surface area contributed by atoms with Crippen LogP contribution in [0.25, 0.3) is 0 Å². The van der Waals surface area contributed by atoms with Gasteiger partial charge in [0.1, 0.15) is 30.1 Å². The first-order valence-corrected chi connectivity index (χ1v) is 9.63. The molecule has 3 unspecified atom stereocenters. The van der Waals surface area contributed by atoms with Gasteiger partial charge in [-0.25, -0.2) is 9.67 Å². The van der Waals surface area contributed by atoms with Gasteiger partial charge >= 0.3 is 0 Å². The molecule has 0 saturated carbocycles. The van der Waals surface area contributed by atoms with Crippen LogP contribution in [0, 0.1) is 5.92 Å². The molecule has 1 aliphatic rings. The molecule has 0 fully saturated rings. The molecule has 3 rings (SSSR count). The lowest BCUT2D eigenvalue weighted by Gasteiger charge is -2.37. The van der Waals surface area contributed by atoms with Crippen molar-refractivity contribution in [1.82, 2.24) is 14.8 Å². The predicted molar refractivity (Wildman–Crippen MR) is 107 cm³/mol. The van der Waals surface area contributed by atoms with Crippen molar-refractivity contribution < 1.29 is 9.47 Å². The number of rotatable bonds is 7. The number of ether oxygens (including phenoxy) is 2. The van der Waals surface area contributed by atoms with E-state index in [1.807, 2.05) is 36.4 Å². The summed E-state index contributed by atoms with van der Waals surface area (Å²) >= 11 is 12.7. The Labute approximate surface area is 169 Å². The largest absolute Gasteiger partial charge is 0.486 e. The molecule has 0 saturated heterocycles. The highest BCUT2D eigenvalue weighted by Crippen LogP contribution is 2.39. The highest BCUT2D eigenvalue weighted by molar-refractivity contribution is 6.31. The number of hydrogen-bond donors (Lipinski definition) is 0. The molecule has 0 radical (unpaired) electrons. The van der Waals surface area contributed by atoms with E-state index >= 15 is 0 Å². The Hall–Kier alpha value is -1.82. The van der Waals surface area contributed by atoms with Crippen LogP contribution in [0.4, 0.5) is 0 Å². The van der Waals surface area contributed by atoms with Gasteiger partial charge in [-0.1, -0.05) is 43.1 Å². The maximum atomic E-state index is 6.80. The number of aromatic nitrogens is 3. The van der Waals surface area contributed by atoms with Crippen LogP contribution in [-0.2, 0) is 11.3 Å². The van der Waals surface area contributed by atoms with E-state index < -0.39 is 5.60 Å². The summed E-state index contributed by atoms with van der Waals surface area (Å²) < 4.78 is 13.8. The average molecular weight is 408 g/mol. The van der Waals surface area contributed by atoms with Gasteiger partial charge in [-0.2, -0.15) is 5.10 Å². The lowest BCUT2D eigenvalue weighted by molar-refractivity contribution is 0.00263. The zero-order chi connectivity index (χ0) is 19.4. The van der Waals surface area contributed by atoms with Gasteiger partial charge in [-0.05, 0) is 36.8 Å². The average Bonchev–Trinajstić information content (AvgIpc) is 3.19. The molecule has 3 atom stereocenters. The Bertz CT molecular complexity index is 812. The summed E-state index contributed by atoms with van der Waals surface area (Å²) in [5.41, 5.74) is 0.369. The highest BCUT2D eigenvalue weighted by atomic mass is 35.5. The second-order valence-electron chi connectivity index (χ2n) is 6.59. The number of benzene rings is 1. The van der Waals surface area contributed by atoms with Gasteiger partial charge in [0.25, 0.3) is 0 Å². The summed E-state index contributed by atoms with van der Waals surface area (Å²) in [6.07, 6.45) is 7.81. The number of nitrogens with zero attached hydrogens (tertiary/aromatic N) is 3. The van der Waals surface area contributed by atoms with Gasteiger partial charge in [0.15, 0.2) is 0 Å². The van der Waals surface area contributed by atoms with Crippen LogP contribution in [0.15, 0.2) is 59.7 Å². The third-order valence-electron chi connectivity index (χ3n) is 5.02. The van der Waals surface area contributed by atoms with Gasteiger partial charge in [0.05, 0.1) is 6.54 Å². The maximum Gasteiger partial charge on any atom is 0.137 e. The van der Waals surface area contributed by atoms with Gasteiger partial charge in [-0.15, -0.1) is 0 Å². The van der Waals surface area contributed by atoms with Crippen molar-refractivity contribution in [2.75, 3.05) is 7.11 Å². The van der Waals surface area contributed by atoms with Crippen molar-refractivity contribution in [3.8, 4) is 5.75 Å². The second-order valence-corrected chi connectivity index (χ2v) is 7.43. The molecule has 27 heavy (non-hydrogen) atoms. The van der Waals surface area contributed by atoms with Crippen LogP contribution < -0.4 is 4.74 Å². The van der Waals surface area contributed by atoms with Gasteiger partial charge in [0.2, 0.25) is 0 Å². The van der Waals surface area contributed by atoms with Crippen molar-refractivity contribution >= 4 is 23.2 Å². The van der Waals surface area contributed by atoms with Crippen molar-refractivity contribution in [3.63, 3.8) is 0 Å². The summed E-state index contributed by atoms with van der Waals surface area (Å²) in [6.45, 7) is 4.66. The van der Waals surface area contributed by atoms with E-state index in [-0.39, 0.29) is 12.0 Å². The molecule has 1 aliphatic carbocycles. The molecule has 1 aromatic carbocycles. The summed E-state index contributed by atoms with van der Waals surface area (Å²) in [5, 5.41) is 5.63. The Morgan fingerprint density at radius 3 is 2.56 bits per heavy atom. The van der Waals surface area contributed by atoms with E-state index in [1.165, 1.54) is 6.33 Å². The Morgan fingerprint density at radius 1 is 1.22 bits per heavy atom. The minimum atomic E-state index is -0.583.